The summed E-state index contributed by atoms with van der Waals surface area (Å²) in [6.45, 7) is 6.75. The molecular formula is C29H36F3N5O5S. The molecule has 14 heteroatoms. The SMILES string of the molecule is CCCC[C@@H](C(=O)CNS(=O)(=O)c1ccccn1)N(C(=O)O)C(Cn1cc(-c2ccc(C(F)(F)F)cc2)cn1)C(C)(C)C. The van der Waals surface area contributed by atoms with E-state index in [-0.39, 0.29) is 18.0 Å². The molecule has 1 aromatic carbocycles. The topological polar surface area (TPSA) is 134 Å². The molecule has 1 unspecified atom stereocenters. The molecule has 2 atom stereocenters. The molecule has 43 heavy (non-hydrogen) atoms. The van der Waals surface area contributed by atoms with Crippen LogP contribution in [0.25, 0.3) is 11.1 Å². The van der Waals surface area contributed by atoms with E-state index in [1.54, 1.807) is 12.3 Å². The third kappa shape index (κ3) is 8.86. The Hall–Kier alpha value is -3.78. The largest absolute Gasteiger partial charge is 0.465 e. The van der Waals surface area contributed by atoms with Crippen molar-refractivity contribution in [3.63, 3.8) is 0 Å². The molecule has 0 radical (unpaired) electrons. The molecule has 0 aliphatic heterocycles. The van der Waals surface area contributed by atoms with Crippen LogP contribution >= 0.6 is 0 Å². The second kappa shape index (κ2) is 13.7. The Morgan fingerprint density at radius 3 is 2.28 bits per heavy atom. The van der Waals surface area contributed by atoms with E-state index in [9.17, 15) is 36.3 Å². The van der Waals surface area contributed by atoms with Gasteiger partial charge in [-0.1, -0.05) is 58.7 Å². The number of benzene rings is 1. The van der Waals surface area contributed by atoms with Crippen LogP contribution in [0.4, 0.5) is 18.0 Å². The first-order valence-corrected chi connectivity index (χ1v) is 15.2. The van der Waals surface area contributed by atoms with Crippen LogP contribution in [0.1, 0.15) is 52.5 Å². The summed E-state index contributed by atoms with van der Waals surface area (Å²) in [5, 5.41) is 14.4. The zero-order valence-corrected chi connectivity index (χ0v) is 25.2. The number of hydrogen-bond donors (Lipinski definition) is 2. The highest BCUT2D eigenvalue weighted by Crippen LogP contribution is 2.32. The number of ketones is 1. The van der Waals surface area contributed by atoms with E-state index >= 15 is 0 Å². The minimum Gasteiger partial charge on any atom is -0.465 e. The zero-order valence-electron chi connectivity index (χ0n) is 24.4. The van der Waals surface area contributed by atoms with Gasteiger partial charge in [0.05, 0.1) is 36.9 Å². The number of pyridine rings is 1. The molecule has 10 nitrogen and oxygen atoms in total. The van der Waals surface area contributed by atoms with Crippen LogP contribution in [-0.2, 0) is 27.5 Å². The molecule has 234 valence electrons. The van der Waals surface area contributed by atoms with Gasteiger partial charge in [0, 0.05) is 18.0 Å². The second-order valence-electron chi connectivity index (χ2n) is 11.2. The fraction of sp³-hybridized carbons (Fsp3) is 0.448. The lowest BCUT2D eigenvalue weighted by Crippen LogP contribution is -2.57. The first-order chi connectivity index (χ1) is 20.0. The van der Waals surface area contributed by atoms with Crippen LogP contribution < -0.4 is 4.72 Å². The zero-order chi connectivity index (χ0) is 32.0. The Morgan fingerprint density at radius 2 is 1.74 bits per heavy atom. The van der Waals surface area contributed by atoms with E-state index in [0.29, 0.717) is 24.0 Å². The van der Waals surface area contributed by atoms with Crippen molar-refractivity contribution in [1.82, 2.24) is 24.4 Å². The van der Waals surface area contributed by atoms with Gasteiger partial charge in [0.2, 0.25) is 0 Å². The number of carbonyl (C=O) groups excluding carboxylic acids is 1. The van der Waals surface area contributed by atoms with E-state index in [0.717, 1.165) is 17.0 Å². The van der Waals surface area contributed by atoms with Crippen molar-refractivity contribution in [2.45, 2.75) is 76.8 Å². The molecule has 3 rings (SSSR count). The van der Waals surface area contributed by atoms with Crippen molar-refractivity contribution in [2.24, 2.45) is 5.41 Å². The number of rotatable bonds is 13. The van der Waals surface area contributed by atoms with Crippen LogP contribution in [0.2, 0.25) is 0 Å². The number of halogens is 3. The van der Waals surface area contributed by atoms with E-state index < -0.39 is 57.7 Å². The van der Waals surface area contributed by atoms with Gasteiger partial charge < -0.3 is 5.11 Å². The average Bonchev–Trinajstić information content (AvgIpc) is 3.41. The van der Waals surface area contributed by atoms with Gasteiger partial charge in [-0.05, 0) is 41.7 Å². The predicted octanol–water partition coefficient (Wildman–Crippen LogP) is 5.47. The number of alkyl halides is 3. The number of unbranched alkanes of at least 4 members (excludes halogenated alkanes) is 1. The van der Waals surface area contributed by atoms with Crippen molar-refractivity contribution in [3.8, 4) is 11.1 Å². The molecule has 0 bridgehead atoms. The van der Waals surface area contributed by atoms with Gasteiger partial charge in [0.25, 0.3) is 10.0 Å². The van der Waals surface area contributed by atoms with E-state index in [2.05, 4.69) is 14.8 Å². The third-order valence-corrected chi connectivity index (χ3v) is 8.30. The molecule has 0 fully saturated rings. The summed E-state index contributed by atoms with van der Waals surface area (Å²) in [6, 6.07) is 7.00. The van der Waals surface area contributed by atoms with Gasteiger partial charge in [0.1, 0.15) is 0 Å². The summed E-state index contributed by atoms with van der Waals surface area (Å²) in [5.41, 5.74) is -0.445. The lowest BCUT2D eigenvalue weighted by Gasteiger charge is -2.42. The molecule has 3 aromatic rings. The van der Waals surface area contributed by atoms with Crippen molar-refractivity contribution < 1.29 is 36.3 Å². The van der Waals surface area contributed by atoms with Crippen molar-refractivity contribution >= 4 is 21.9 Å². The van der Waals surface area contributed by atoms with Gasteiger partial charge in [-0.2, -0.15) is 18.3 Å². The van der Waals surface area contributed by atoms with Gasteiger partial charge in [-0.25, -0.2) is 22.9 Å². The maximum Gasteiger partial charge on any atom is 0.416 e. The minimum absolute atomic E-state index is 0.0337. The van der Waals surface area contributed by atoms with Crippen LogP contribution in [-0.4, -0.2) is 63.7 Å². The standard InChI is InChI=1S/C29H36F3N5O5S/c1-5-6-9-23(24(38)17-35-43(41,42)26-10-7-8-15-33-26)37(27(39)40)25(28(2,3)4)19-36-18-21(16-34-36)20-11-13-22(14-12-20)29(30,31)32/h7-8,10-16,18,23,25,35H,5-6,9,17,19H2,1-4H3,(H,39,40)/t23-,25?/m0/s1. The number of sulfonamides is 1. The van der Waals surface area contributed by atoms with Gasteiger partial charge in [-0.15, -0.1) is 0 Å². The lowest BCUT2D eigenvalue weighted by molar-refractivity contribution is -0.137. The monoisotopic (exact) mass is 623 g/mol. The summed E-state index contributed by atoms with van der Waals surface area (Å²) < 4.78 is 68.0. The molecule has 0 aliphatic rings. The van der Waals surface area contributed by atoms with Gasteiger partial charge in [0.15, 0.2) is 10.8 Å². The maximum absolute atomic E-state index is 13.5. The number of nitrogens with one attached hydrogen (secondary N) is 1. The lowest BCUT2D eigenvalue weighted by atomic mass is 9.84. The summed E-state index contributed by atoms with van der Waals surface area (Å²) in [6.07, 6.45) is -0.0697. The Balaban J connectivity index is 1.88. The molecular weight excluding hydrogens is 587 g/mol. The molecule has 0 saturated heterocycles. The summed E-state index contributed by atoms with van der Waals surface area (Å²) >= 11 is 0. The second-order valence-corrected chi connectivity index (χ2v) is 12.9. The highest BCUT2D eigenvalue weighted by molar-refractivity contribution is 7.89. The molecule has 0 spiro atoms. The van der Waals surface area contributed by atoms with E-state index in [4.69, 9.17) is 0 Å². The highest BCUT2D eigenvalue weighted by atomic mass is 32.2. The maximum atomic E-state index is 13.5. The molecule has 2 aromatic heterocycles. The van der Waals surface area contributed by atoms with Crippen LogP contribution in [0.3, 0.4) is 0 Å². The number of Topliss-reactive ketones (excluding diaryl/α,β-unsaturated/α-hetero) is 1. The molecule has 2 N–H and O–H groups in total. The molecule has 1 amide bonds. The fourth-order valence-corrected chi connectivity index (χ4v) is 5.56. The fourth-order valence-electron chi connectivity index (χ4n) is 4.62. The Morgan fingerprint density at radius 1 is 1.07 bits per heavy atom. The molecule has 0 saturated carbocycles. The van der Waals surface area contributed by atoms with Crippen LogP contribution in [0.15, 0.2) is 66.1 Å². The van der Waals surface area contributed by atoms with Crippen LogP contribution in [0, 0.1) is 5.41 Å². The summed E-state index contributed by atoms with van der Waals surface area (Å²) in [7, 11) is -4.11. The first-order valence-electron chi connectivity index (χ1n) is 13.7. The Kier molecular flexibility index (Phi) is 10.7. The van der Waals surface area contributed by atoms with Gasteiger partial charge in [-0.3, -0.25) is 14.4 Å². The van der Waals surface area contributed by atoms with Gasteiger partial charge >= 0.3 is 12.3 Å². The third-order valence-electron chi connectivity index (χ3n) is 6.98. The predicted molar refractivity (Wildman–Crippen MR) is 154 cm³/mol. The highest BCUT2D eigenvalue weighted by Gasteiger charge is 2.41. The summed E-state index contributed by atoms with van der Waals surface area (Å²) in [4.78, 5) is 31.1. The normalized spacial score (nSPS) is 13.8. The summed E-state index contributed by atoms with van der Waals surface area (Å²) in [5.74, 6) is -0.615. The number of carbonyl (C=O) groups is 2. The van der Waals surface area contributed by atoms with Crippen molar-refractivity contribution in [2.75, 3.05) is 6.54 Å². The Bertz CT molecular complexity index is 1490. The van der Waals surface area contributed by atoms with Crippen molar-refractivity contribution in [1.29, 1.82) is 0 Å². The number of aromatic nitrogens is 3. The number of hydrogen-bond acceptors (Lipinski definition) is 6. The Labute approximate surface area is 249 Å². The number of carboxylic acid groups (broad SMARTS) is 1. The number of nitrogens with zero attached hydrogens (tertiary/aromatic N) is 4. The quantitative estimate of drug-likeness (QED) is 0.258. The van der Waals surface area contributed by atoms with E-state index in [1.165, 1.54) is 41.3 Å². The van der Waals surface area contributed by atoms with E-state index in [1.807, 2.05) is 27.7 Å². The van der Waals surface area contributed by atoms with Crippen molar-refractivity contribution in [3.05, 3.63) is 66.6 Å². The average molecular weight is 624 g/mol. The van der Waals surface area contributed by atoms with Crippen LogP contribution in [0.5, 0.6) is 0 Å². The minimum atomic E-state index is -4.47. The first kappa shape index (κ1) is 33.7. The molecule has 0 aliphatic carbocycles. The smallest absolute Gasteiger partial charge is 0.416 e. The molecule has 2 heterocycles. The number of amides is 1.